The fraction of sp³-hybridized carbons (Fsp3) is 0.231. The monoisotopic (exact) mass is 326 g/mol. The molecule has 0 saturated heterocycles. The van der Waals surface area contributed by atoms with E-state index in [9.17, 15) is 8.42 Å². The number of aromatic nitrogens is 2. The van der Waals surface area contributed by atoms with E-state index in [0.717, 1.165) is 5.56 Å². The molecule has 21 heavy (non-hydrogen) atoms. The van der Waals surface area contributed by atoms with Crippen molar-refractivity contribution < 1.29 is 8.42 Å². The number of rotatable bonds is 6. The van der Waals surface area contributed by atoms with Crippen molar-refractivity contribution in [3.63, 3.8) is 0 Å². The number of nitrogens with zero attached hydrogens (tertiary/aromatic N) is 2. The van der Waals surface area contributed by atoms with E-state index < -0.39 is 10.0 Å². The lowest BCUT2D eigenvalue weighted by atomic mass is 10.2. The standard InChI is InChI=1S/C13H15ClN4O2S/c1-15-8-10-4-5-12(7-13(10)14)21(19,20)17-9-11-3-2-6-16-18-11/h2-7,15,17H,8-9H2,1H3. The summed E-state index contributed by atoms with van der Waals surface area (Å²) in [5.74, 6) is 0. The van der Waals surface area contributed by atoms with E-state index in [-0.39, 0.29) is 11.4 Å². The van der Waals surface area contributed by atoms with E-state index in [0.29, 0.717) is 17.3 Å². The van der Waals surface area contributed by atoms with Gasteiger partial charge >= 0.3 is 0 Å². The van der Waals surface area contributed by atoms with Crippen LogP contribution in [0.25, 0.3) is 0 Å². The van der Waals surface area contributed by atoms with Crippen LogP contribution in [0.2, 0.25) is 5.02 Å². The molecule has 2 rings (SSSR count). The van der Waals surface area contributed by atoms with E-state index >= 15 is 0 Å². The summed E-state index contributed by atoms with van der Waals surface area (Å²) in [5.41, 5.74) is 1.38. The highest BCUT2D eigenvalue weighted by Crippen LogP contribution is 2.20. The summed E-state index contributed by atoms with van der Waals surface area (Å²) in [6, 6.07) is 8.04. The third kappa shape index (κ3) is 4.21. The third-order valence-electron chi connectivity index (χ3n) is 2.77. The minimum Gasteiger partial charge on any atom is -0.316 e. The van der Waals surface area contributed by atoms with Crippen LogP contribution in [0, 0.1) is 0 Å². The third-order valence-corrected chi connectivity index (χ3v) is 4.52. The van der Waals surface area contributed by atoms with Crippen LogP contribution in [-0.2, 0) is 23.1 Å². The van der Waals surface area contributed by atoms with Gasteiger partial charge in [-0.15, -0.1) is 0 Å². The predicted molar refractivity (Wildman–Crippen MR) is 80.3 cm³/mol. The van der Waals surface area contributed by atoms with Crippen molar-refractivity contribution in [3.8, 4) is 0 Å². The van der Waals surface area contributed by atoms with E-state index in [1.165, 1.54) is 18.3 Å². The fourth-order valence-corrected chi connectivity index (χ4v) is 3.05. The number of hydrogen-bond acceptors (Lipinski definition) is 5. The van der Waals surface area contributed by atoms with Crippen LogP contribution in [-0.4, -0.2) is 25.7 Å². The lowest BCUT2D eigenvalue weighted by Crippen LogP contribution is -2.24. The van der Waals surface area contributed by atoms with Crippen molar-refractivity contribution in [1.29, 1.82) is 0 Å². The van der Waals surface area contributed by atoms with Gasteiger partial charge in [0.1, 0.15) is 0 Å². The van der Waals surface area contributed by atoms with Crippen molar-refractivity contribution in [1.82, 2.24) is 20.2 Å². The first-order valence-electron chi connectivity index (χ1n) is 6.22. The first-order valence-corrected chi connectivity index (χ1v) is 8.08. The van der Waals surface area contributed by atoms with E-state index in [4.69, 9.17) is 11.6 Å². The summed E-state index contributed by atoms with van der Waals surface area (Å²) in [7, 11) is -1.84. The Labute approximate surface area is 128 Å². The van der Waals surface area contributed by atoms with Crippen molar-refractivity contribution >= 4 is 21.6 Å². The molecule has 0 unspecified atom stereocenters. The van der Waals surface area contributed by atoms with Gasteiger partial charge in [0.25, 0.3) is 0 Å². The topological polar surface area (TPSA) is 84.0 Å². The molecule has 6 nitrogen and oxygen atoms in total. The Morgan fingerprint density at radius 3 is 2.67 bits per heavy atom. The zero-order valence-electron chi connectivity index (χ0n) is 11.4. The zero-order chi connectivity index (χ0) is 15.3. The lowest BCUT2D eigenvalue weighted by molar-refractivity contribution is 0.580. The van der Waals surface area contributed by atoms with Crippen molar-refractivity contribution in [2.75, 3.05) is 7.05 Å². The highest BCUT2D eigenvalue weighted by atomic mass is 35.5. The van der Waals surface area contributed by atoms with Crippen LogP contribution in [0.5, 0.6) is 0 Å². The number of benzene rings is 1. The lowest BCUT2D eigenvalue weighted by Gasteiger charge is -2.09. The Balaban J connectivity index is 2.14. The summed E-state index contributed by atoms with van der Waals surface area (Å²) in [6.45, 7) is 0.651. The van der Waals surface area contributed by atoms with Gasteiger partial charge < -0.3 is 5.32 Å². The van der Waals surface area contributed by atoms with Gasteiger partial charge in [0.05, 0.1) is 17.1 Å². The summed E-state index contributed by atoms with van der Waals surface area (Å²) in [4.78, 5) is 0.122. The molecular weight excluding hydrogens is 312 g/mol. The van der Waals surface area contributed by atoms with Gasteiger partial charge in [-0.2, -0.15) is 10.2 Å². The van der Waals surface area contributed by atoms with Crippen molar-refractivity contribution in [2.45, 2.75) is 18.0 Å². The Bertz CT molecular complexity index is 707. The van der Waals surface area contributed by atoms with E-state index in [2.05, 4.69) is 20.2 Å². The first kappa shape index (κ1) is 15.8. The second-order valence-electron chi connectivity index (χ2n) is 4.32. The van der Waals surface area contributed by atoms with Crippen molar-refractivity contribution in [3.05, 3.63) is 52.8 Å². The summed E-state index contributed by atoms with van der Waals surface area (Å²) < 4.78 is 26.9. The predicted octanol–water partition coefficient (Wildman–Crippen LogP) is 1.33. The van der Waals surface area contributed by atoms with Crippen LogP contribution >= 0.6 is 11.6 Å². The fourth-order valence-electron chi connectivity index (χ4n) is 1.71. The van der Waals surface area contributed by atoms with Gasteiger partial charge in [0, 0.05) is 17.8 Å². The highest BCUT2D eigenvalue weighted by molar-refractivity contribution is 7.89. The molecule has 1 heterocycles. The van der Waals surface area contributed by atoms with Crippen LogP contribution in [0.4, 0.5) is 0 Å². The number of halogens is 1. The number of sulfonamides is 1. The quantitative estimate of drug-likeness (QED) is 0.836. The maximum Gasteiger partial charge on any atom is 0.240 e. The molecule has 0 saturated carbocycles. The van der Waals surface area contributed by atoms with E-state index in [1.54, 1.807) is 25.2 Å². The summed E-state index contributed by atoms with van der Waals surface area (Å²) in [6.07, 6.45) is 1.53. The molecule has 0 aliphatic carbocycles. The minimum atomic E-state index is -3.64. The average molecular weight is 327 g/mol. The minimum absolute atomic E-state index is 0.0755. The van der Waals surface area contributed by atoms with Gasteiger partial charge in [0.15, 0.2) is 0 Å². The molecule has 0 fully saturated rings. The Kier molecular flexibility index (Phi) is 5.24. The Hall–Kier alpha value is -1.54. The van der Waals surface area contributed by atoms with E-state index in [1.807, 2.05) is 0 Å². The molecule has 2 N–H and O–H groups in total. The van der Waals surface area contributed by atoms with Gasteiger partial charge in [0.2, 0.25) is 10.0 Å². The van der Waals surface area contributed by atoms with Gasteiger partial charge in [-0.05, 0) is 36.9 Å². The molecule has 0 radical (unpaired) electrons. The average Bonchev–Trinajstić information content (AvgIpc) is 2.48. The molecule has 0 aliphatic heterocycles. The molecule has 0 bridgehead atoms. The number of hydrogen-bond donors (Lipinski definition) is 2. The summed E-state index contributed by atoms with van der Waals surface area (Å²) >= 11 is 6.08. The molecule has 1 aromatic heterocycles. The second kappa shape index (κ2) is 6.95. The van der Waals surface area contributed by atoms with Crippen LogP contribution < -0.4 is 10.0 Å². The van der Waals surface area contributed by atoms with Crippen LogP contribution in [0.1, 0.15) is 11.3 Å². The molecule has 1 aromatic carbocycles. The Morgan fingerprint density at radius 1 is 1.24 bits per heavy atom. The molecule has 0 aliphatic rings. The molecule has 0 atom stereocenters. The number of nitrogens with one attached hydrogen (secondary N) is 2. The largest absolute Gasteiger partial charge is 0.316 e. The maximum atomic E-state index is 12.2. The normalized spacial score (nSPS) is 11.5. The van der Waals surface area contributed by atoms with Crippen molar-refractivity contribution in [2.24, 2.45) is 0 Å². The second-order valence-corrected chi connectivity index (χ2v) is 6.50. The molecule has 0 spiro atoms. The molecule has 2 aromatic rings. The maximum absolute atomic E-state index is 12.2. The Morgan fingerprint density at radius 2 is 2.05 bits per heavy atom. The van der Waals surface area contributed by atoms with Crippen LogP contribution in [0.3, 0.4) is 0 Å². The first-order chi connectivity index (χ1) is 10.0. The van der Waals surface area contributed by atoms with Crippen LogP contribution in [0.15, 0.2) is 41.4 Å². The molecule has 8 heteroatoms. The molecule has 0 amide bonds. The molecule has 112 valence electrons. The van der Waals surface area contributed by atoms with Gasteiger partial charge in [-0.1, -0.05) is 17.7 Å². The highest BCUT2D eigenvalue weighted by Gasteiger charge is 2.15. The van der Waals surface area contributed by atoms with Gasteiger partial charge in [-0.3, -0.25) is 0 Å². The van der Waals surface area contributed by atoms with Gasteiger partial charge in [-0.25, -0.2) is 13.1 Å². The SMILES string of the molecule is CNCc1ccc(S(=O)(=O)NCc2cccnn2)cc1Cl. The smallest absolute Gasteiger partial charge is 0.240 e. The summed E-state index contributed by atoms with van der Waals surface area (Å²) in [5, 5.41) is 10.9. The zero-order valence-corrected chi connectivity index (χ0v) is 12.9. The molecular formula is C13H15ClN4O2S.